The molecule has 1 aliphatic rings. The molecule has 1 fully saturated rings. The van der Waals surface area contributed by atoms with Crippen LogP contribution in [0, 0.1) is 17.1 Å². The molecule has 10 heteroatoms. The summed E-state index contributed by atoms with van der Waals surface area (Å²) in [5.74, 6) is -0.431. The summed E-state index contributed by atoms with van der Waals surface area (Å²) in [5.41, 5.74) is -0.967. The van der Waals surface area contributed by atoms with E-state index in [-0.39, 0.29) is 34.6 Å². The second-order valence-corrected chi connectivity index (χ2v) is 6.92. The van der Waals surface area contributed by atoms with Gasteiger partial charge in [0.25, 0.3) is 5.56 Å². The first-order chi connectivity index (χ1) is 12.8. The zero-order valence-electron chi connectivity index (χ0n) is 14.5. The number of aromatic nitrogens is 2. The SMILES string of the molecule is Cn1c(N2CCOC(c3cc(F)c(Cl)cc3Cl)C2)c(C#N)c(=O)n(C)c1=O. The average molecular weight is 413 g/mol. The van der Waals surface area contributed by atoms with Gasteiger partial charge in [0.15, 0.2) is 5.56 Å². The van der Waals surface area contributed by atoms with Gasteiger partial charge >= 0.3 is 5.69 Å². The van der Waals surface area contributed by atoms with E-state index in [0.29, 0.717) is 12.1 Å². The Labute approximate surface area is 163 Å². The van der Waals surface area contributed by atoms with E-state index in [4.69, 9.17) is 27.9 Å². The van der Waals surface area contributed by atoms with Crippen LogP contribution in [-0.2, 0) is 18.8 Å². The first-order valence-corrected chi connectivity index (χ1v) is 8.73. The Bertz CT molecular complexity index is 1070. The van der Waals surface area contributed by atoms with Crippen molar-refractivity contribution in [2.24, 2.45) is 14.1 Å². The lowest BCUT2D eigenvalue weighted by Gasteiger charge is -2.36. The molecule has 142 valence electrons. The number of hydrogen-bond acceptors (Lipinski definition) is 5. The molecule has 3 rings (SSSR count). The van der Waals surface area contributed by atoms with Gasteiger partial charge in [0, 0.05) is 37.8 Å². The van der Waals surface area contributed by atoms with Gasteiger partial charge in [0.05, 0.1) is 11.6 Å². The highest BCUT2D eigenvalue weighted by molar-refractivity contribution is 6.35. The fraction of sp³-hybridized carbons (Fsp3) is 0.353. The van der Waals surface area contributed by atoms with E-state index in [9.17, 15) is 19.2 Å². The van der Waals surface area contributed by atoms with E-state index >= 15 is 0 Å². The maximum Gasteiger partial charge on any atom is 0.332 e. The van der Waals surface area contributed by atoms with Gasteiger partial charge in [-0.2, -0.15) is 5.26 Å². The van der Waals surface area contributed by atoms with Gasteiger partial charge in [-0.05, 0) is 12.1 Å². The molecule has 0 bridgehead atoms. The predicted octanol–water partition coefficient (Wildman–Crippen LogP) is 1.98. The van der Waals surface area contributed by atoms with Crippen LogP contribution in [0.4, 0.5) is 10.2 Å². The molecule has 2 aromatic rings. The maximum absolute atomic E-state index is 13.9. The summed E-state index contributed by atoms with van der Waals surface area (Å²) in [5, 5.41) is 9.58. The molecule has 0 amide bonds. The smallest absolute Gasteiger partial charge is 0.332 e. The third kappa shape index (κ3) is 3.34. The molecule has 0 spiro atoms. The molecule has 1 aromatic heterocycles. The Kier molecular flexibility index (Phi) is 5.29. The van der Waals surface area contributed by atoms with Crippen LogP contribution in [-0.4, -0.2) is 28.8 Å². The normalized spacial score (nSPS) is 17.0. The zero-order valence-corrected chi connectivity index (χ0v) is 16.0. The molecule has 0 N–H and O–H groups in total. The van der Waals surface area contributed by atoms with Crippen molar-refractivity contribution in [3.8, 4) is 6.07 Å². The van der Waals surface area contributed by atoms with Crippen molar-refractivity contribution < 1.29 is 9.13 Å². The van der Waals surface area contributed by atoms with Crippen LogP contribution in [0.25, 0.3) is 0 Å². The van der Waals surface area contributed by atoms with E-state index in [0.717, 1.165) is 4.57 Å². The van der Waals surface area contributed by atoms with E-state index < -0.39 is 23.2 Å². The van der Waals surface area contributed by atoms with Gasteiger partial charge in [0.1, 0.15) is 23.8 Å². The van der Waals surface area contributed by atoms with E-state index in [1.54, 1.807) is 4.90 Å². The average Bonchev–Trinajstić information content (AvgIpc) is 2.65. The van der Waals surface area contributed by atoms with Crippen LogP contribution >= 0.6 is 23.2 Å². The van der Waals surface area contributed by atoms with E-state index in [1.165, 1.54) is 30.8 Å². The Hall–Kier alpha value is -2.34. The molecule has 1 saturated heterocycles. The minimum absolute atomic E-state index is 0.0999. The summed E-state index contributed by atoms with van der Waals surface area (Å²) in [6, 6.07) is 4.37. The van der Waals surface area contributed by atoms with Crippen LogP contribution in [0.5, 0.6) is 0 Å². The highest BCUT2D eigenvalue weighted by Gasteiger charge is 2.29. The van der Waals surface area contributed by atoms with Crippen molar-refractivity contribution in [1.29, 1.82) is 5.26 Å². The topological polar surface area (TPSA) is 80.3 Å². The summed E-state index contributed by atoms with van der Waals surface area (Å²) >= 11 is 11.9. The summed E-state index contributed by atoms with van der Waals surface area (Å²) in [6.07, 6.45) is -0.622. The lowest BCUT2D eigenvalue weighted by atomic mass is 10.1. The minimum atomic E-state index is -0.672. The number of nitriles is 1. The van der Waals surface area contributed by atoms with Gasteiger partial charge < -0.3 is 9.64 Å². The molecule has 1 aliphatic heterocycles. The van der Waals surface area contributed by atoms with Crippen molar-refractivity contribution in [3.63, 3.8) is 0 Å². The van der Waals surface area contributed by atoms with Gasteiger partial charge in [-0.25, -0.2) is 9.18 Å². The molecule has 0 aliphatic carbocycles. The number of benzene rings is 1. The van der Waals surface area contributed by atoms with Crippen molar-refractivity contribution >= 4 is 29.0 Å². The molecule has 0 radical (unpaired) electrons. The second-order valence-electron chi connectivity index (χ2n) is 6.11. The highest BCUT2D eigenvalue weighted by Crippen LogP contribution is 2.33. The maximum atomic E-state index is 13.9. The van der Waals surface area contributed by atoms with Gasteiger partial charge in [-0.15, -0.1) is 0 Å². The second kappa shape index (κ2) is 7.35. The summed E-state index contributed by atoms with van der Waals surface area (Å²) in [4.78, 5) is 26.3. The number of morpholine rings is 1. The van der Waals surface area contributed by atoms with Gasteiger partial charge in [-0.3, -0.25) is 13.9 Å². The Morgan fingerprint density at radius 2 is 1.93 bits per heavy atom. The van der Waals surface area contributed by atoms with Crippen LogP contribution in [0.2, 0.25) is 10.0 Å². The van der Waals surface area contributed by atoms with Crippen LogP contribution in [0.3, 0.4) is 0 Å². The molecular formula is C17H15Cl2FN4O3. The summed E-state index contributed by atoms with van der Waals surface area (Å²) in [7, 11) is 2.80. The van der Waals surface area contributed by atoms with E-state index in [1.807, 2.05) is 6.07 Å². The predicted molar refractivity (Wildman–Crippen MR) is 99.0 cm³/mol. The van der Waals surface area contributed by atoms with Crippen molar-refractivity contribution in [2.75, 3.05) is 24.6 Å². The number of anilines is 1. The molecule has 0 saturated carbocycles. The first kappa shape index (κ1) is 19.4. The van der Waals surface area contributed by atoms with Crippen molar-refractivity contribution in [2.45, 2.75) is 6.10 Å². The summed E-state index contributed by atoms with van der Waals surface area (Å²) in [6.45, 7) is 0.759. The fourth-order valence-electron chi connectivity index (χ4n) is 3.12. The van der Waals surface area contributed by atoms with Crippen LogP contribution in [0.1, 0.15) is 17.2 Å². The zero-order chi connectivity index (χ0) is 19.9. The number of halogens is 3. The van der Waals surface area contributed by atoms with Gasteiger partial charge in [-0.1, -0.05) is 23.2 Å². The third-order valence-corrected chi connectivity index (χ3v) is 5.11. The molecule has 1 atom stereocenters. The van der Waals surface area contributed by atoms with Crippen molar-refractivity contribution in [1.82, 2.24) is 9.13 Å². The van der Waals surface area contributed by atoms with E-state index in [2.05, 4.69) is 0 Å². The monoisotopic (exact) mass is 412 g/mol. The molecule has 1 unspecified atom stereocenters. The minimum Gasteiger partial charge on any atom is -0.370 e. The Morgan fingerprint density at radius 3 is 2.59 bits per heavy atom. The Morgan fingerprint density at radius 1 is 1.22 bits per heavy atom. The largest absolute Gasteiger partial charge is 0.370 e. The first-order valence-electron chi connectivity index (χ1n) is 7.97. The number of hydrogen-bond donors (Lipinski definition) is 0. The molecule has 27 heavy (non-hydrogen) atoms. The lowest BCUT2D eigenvalue weighted by Crippen LogP contribution is -2.46. The quantitative estimate of drug-likeness (QED) is 0.704. The third-order valence-electron chi connectivity index (χ3n) is 4.50. The molecule has 1 aromatic carbocycles. The number of rotatable bonds is 2. The van der Waals surface area contributed by atoms with Crippen molar-refractivity contribution in [3.05, 3.63) is 60.0 Å². The standard InChI is InChI=1S/C17H15Cl2FN4O3/c1-22-15(10(7-21)16(25)23(2)17(22)26)24-3-4-27-14(8-24)9-5-13(20)12(19)6-11(9)18/h5-6,14H,3-4,8H2,1-2H3. The molecular weight excluding hydrogens is 398 g/mol. The fourth-order valence-corrected chi connectivity index (χ4v) is 3.62. The summed E-state index contributed by atoms with van der Waals surface area (Å²) < 4.78 is 21.7. The lowest BCUT2D eigenvalue weighted by molar-refractivity contribution is 0.0391. The molecule has 7 nitrogen and oxygen atoms in total. The number of ether oxygens (including phenoxy) is 1. The molecule has 2 heterocycles. The number of nitrogens with zero attached hydrogens (tertiary/aromatic N) is 4. The van der Waals surface area contributed by atoms with Crippen LogP contribution < -0.4 is 16.1 Å². The van der Waals surface area contributed by atoms with Gasteiger partial charge in [0.2, 0.25) is 0 Å². The van der Waals surface area contributed by atoms with Crippen LogP contribution in [0.15, 0.2) is 21.7 Å². The highest BCUT2D eigenvalue weighted by atomic mass is 35.5. The Balaban J connectivity index is 2.06.